The van der Waals surface area contributed by atoms with Crippen LogP contribution in [-0.4, -0.2) is 18.0 Å². The molecule has 0 heterocycles. The Balaban J connectivity index is 1.45. The van der Waals surface area contributed by atoms with Gasteiger partial charge in [0.2, 0.25) is 11.8 Å². The average molecular weight is 345 g/mol. The predicted molar refractivity (Wildman–Crippen MR) is 104 cm³/mol. The Hall–Kier alpha value is -3.47. The zero-order valence-corrected chi connectivity index (χ0v) is 14.2. The predicted octanol–water partition coefficient (Wildman–Crippen LogP) is 3.71. The molecule has 0 aromatic heterocycles. The van der Waals surface area contributed by atoms with Crippen molar-refractivity contribution in [3.63, 3.8) is 0 Å². The fourth-order valence-electron chi connectivity index (χ4n) is 2.49. The number of hydrogen-bond acceptors (Lipinski definition) is 3. The van der Waals surface area contributed by atoms with Gasteiger partial charge in [-0.15, -0.1) is 0 Å². The molecule has 3 aromatic rings. The molecule has 5 nitrogen and oxygen atoms in total. The highest BCUT2D eigenvalue weighted by Crippen LogP contribution is 2.14. The molecule has 0 fully saturated rings. The summed E-state index contributed by atoms with van der Waals surface area (Å²) in [6, 6.07) is 23.1. The molecular formula is C21H19N3O2. The molecule has 2 amide bonds. The van der Waals surface area contributed by atoms with Crippen molar-refractivity contribution in [2.45, 2.75) is 12.8 Å². The summed E-state index contributed by atoms with van der Waals surface area (Å²) >= 11 is 0. The van der Waals surface area contributed by atoms with E-state index in [0.29, 0.717) is 5.69 Å². The summed E-state index contributed by atoms with van der Waals surface area (Å²) in [7, 11) is 0. The van der Waals surface area contributed by atoms with Gasteiger partial charge in [0, 0.05) is 18.5 Å². The zero-order chi connectivity index (χ0) is 18.2. The minimum atomic E-state index is -0.301. The highest BCUT2D eigenvalue weighted by molar-refractivity contribution is 5.94. The van der Waals surface area contributed by atoms with Crippen LogP contribution < -0.4 is 10.7 Å². The number of para-hydroxylation sites is 1. The molecule has 5 heteroatoms. The molecule has 0 unspecified atom stereocenters. The van der Waals surface area contributed by atoms with Crippen molar-refractivity contribution in [1.29, 1.82) is 0 Å². The first-order valence-electron chi connectivity index (χ1n) is 8.36. The largest absolute Gasteiger partial charge is 0.326 e. The molecule has 3 aromatic carbocycles. The van der Waals surface area contributed by atoms with E-state index < -0.39 is 0 Å². The van der Waals surface area contributed by atoms with Gasteiger partial charge >= 0.3 is 0 Å². The summed E-state index contributed by atoms with van der Waals surface area (Å²) in [5.41, 5.74) is 4.06. The molecule has 0 radical (unpaired) electrons. The zero-order valence-electron chi connectivity index (χ0n) is 14.2. The maximum absolute atomic E-state index is 11.8. The van der Waals surface area contributed by atoms with Crippen LogP contribution in [0, 0.1) is 0 Å². The first-order chi connectivity index (χ1) is 12.7. The van der Waals surface area contributed by atoms with E-state index in [9.17, 15) is 9.59 Å². The molecule has 0 aliphatic carbocycles. The minimum Gasteiger partial charge on any atom is -0.326 e. The van der Waals surface area contributed by atoms with E-state index in [4.69, 9.17) is 0 Å². The Morgan fingerprint density at radius 3 is 2.31 bits per heavy atom. The van der Waals surface area contributed by atoms with Crippen molar-refractivity contribution in [1.82, 2.24) is 5.43 Å². The molecule has 26 heavy (non-hydrogen) atoms. The van der Waals surface area contributed by atoms with Crippen LogP contribution in [0.1, 0.15) is 18.4 Å². The van der Waals surface area contributed by atoms with Crippen LogP contribution in [0.25, 0.3) is 10.8 Å². The van der Waals surface area contributed by atoms with E-state index in [2.05, 4.69) is 15.8 Å². The van der Waals surface area contributed by atoms with Crippen molar-refractivity contribution < 1.29 is 9.59 Å². The van der Waals surface area contributed by atoms with Gasteiger partial charge in [0.25, 0.3) is 0 Å². The molecule has 0 spiro atoms. The number of carbonyl (C=O) groups excluding carboxylic acids is 2. The number of nitrogens with zero attached hydrogens (tertiary/aromatic N) is 1. The molecule has 2 N–H and O–H groups in total. The molecule has 0 saturated heterocycles. The van der Waals surface area contributed by atoms with Gasteiger partial charge in [0.1, 0.15) is 0 Å². The number of amides is 2. The third-order valence-electron chi connectivity index (χ3n) is 3.81. The lowest BCUT2D eigenvalue weighted by Crippen LogP contribution is -2.20. The van der Waals surface area contributed by atoms with Gasteiger partial charge < -0.3 is 5.32 Å². The monoisotopic (exact) mass is 345 g/mol. The van der Waals surface area contributed by atoms with Crippen LogP contribution in [0.15, 0.2) is 77.9 Å². The molecule has 130 valence electrons. The Morgan fingerprint density at radius 2 is 1.50 bits per heavy atom. The quantitative estimate of drug-likeness (QED) is 0.528. The summed E-state index contributed by atoms with van der Waals surface area (Å²) in [5, 5.41) is 8.96. The number of nitrogens with one attached hydrogen (secondary N) is 2. The van der Waals surface area contributed by atoms with Gasteiger partial charge in [-0.25, -0.2) is 5.43 Å². The lowest BCUT2D eigenvalue weighted by Gasteiger charge is -2.04. The van der Waals surface area contributed by atoms with Crippen LogP contribution in [-0.2, 0) is 9.59 Å². The highest BCUT2D eigenvalue weighted by Gasteiger charge is 2.06. The normalized spacial score (nSPS) is 10.8. The number of rotatable bonds is 6. The van der Waals surface area contributed by atoms with Gasteiger partial charge in [-0.2, -0.15) is 5.10 Å². The van der Waals surface area contributed by atoms with Gasteiger partial charge in [-0.3, -0.25) is 9.59 Å². The van der Waals surface area contributed by atoms with Gasteiger partial charge in [-0.05, 0) is 34.5 Å². The van der Waals surface area contributed by atoms with E-state index in [1.165, 1.54) is 0 Å². The summed E-state index contributed by atoms with van der Waals surface area (Å²) in [4.78, 5) is 23.6. The highest BCUT2D eigenvalue weighted by atomic mass is 16.2. The number of hydrazone groups is 1. The SMILES string of the molecule is O=C(CCC(=O)Nc1ccccc1)N/N=C/c1ccc2ccccc2c1. The maximum atomic E-state index is 11.8. The minimum absolute atomic E-state index is 0.0771. The van der Waals surface area contributed by atoms with Gasteiger partial charge in [0.05, 0.1) is 6.21 Å². The first-order valence-corrected chi connectivity index (χ1v) is 8.36. The van der Waals surface area contributed by atoms with Crippen molar-refractivity contribution in [2.24, 2.45) is 5.10 Å². The Bertz CT molecular complexity index is 936. The average Bonchev–Trinajstić information content (AvgIpc) is 2.67. The summed E-state index contributed by atoms with van der Waals surface area (Å²) in [5.74, 6) is -0.505. The molecule has 0 atom stereocenters. The van der Waals surface area contributed by atoms with E-state index in [0.717, 1.165) is 16.3 Å². The second kappa shape index (κ2) is 8.58. The van der Waals surface area contributed by atoms with Gasteiger partial charge in [-0.1, -0.05) is 54.6 Å². The number of anilines is 1. The second-order valence-electron chi connectivity index (χ2n) is 5.81. The Kier molecular flexibility index (Phi) is 5.72. The summed E-state index contributed by atoms with van der Waals surface area (Å²) in [6.07, 6.45) is 1.77. The fourth-order valence-corrected chi connectivity index (χ4v) is 2.49. The number of benzene rings is 3. The van der Waals surface area contributed by atoms with E-state index in [1.807, 2.05) is 60.7 Å². The lowest BCUT2D eigenvalue weighted by atomic mass is 10.1. The van der Waals surface area contributed by atoms with Crippen molar-refractivity contribution in [3.05, 3.63) is 78.4 Å². The third kappa shape index (κ3) is 5.01. The van der Waals surface area contributed by atoms with Gasteiger partial charge in [0.15, 0.2) is 0 Å². The van der Waals surface area contributed by atoms with Crippen molar-refractivity contribution in [2.75, 3.05) is 5.32 Å². The maximum Gasteiger partial charge on any atom is 0.240 e. The molecule has 0 aliphatic heterocycles. The van der Waals surface area contributed by atoms with E-state index >= 15 is 0 Å². The first kappa shape index (κ1) is 17.4. The van der Waals surface area contributed by atoms with Crippen molar-refractivity contribution >= 4 is 34.5 Å². The third-order valence-corrected chi connectivity index (χ3v) is 3.81. The van der Waals surface area contributed by atoms with E-state index in [-0.39, 0.29) is 24.7 Å². The van der Waals surface area contributed by atoms with Crippen LogP contribution in [0.3, 0.4) is 0 Å². The molecule has 0 bridgehead atoms. The smallest absolute Gasteiger partial charge is 0.240 e. The summed E-state index contributed by atoms with van der Waals surface area (Å²) in [6.45, 7) is 0. The number of carbonyl (C=O) groups is 2. The summed E-state index contributed by atoms with van der Waals surface area (Å²) < 4.78 is 0. The standard InChI is InChI=1S/C21H19N3O2/c25-20(23-19-8-2-1-3-9-19)12-13-21(26)24-22-15-16-10-11-17-6-4-5-7-18(17)14-16/h1-11,14-15H,12-13H2,(H,23,25)(H,24,26)/b22-15+. The topological polar surface area (TPSA) is 70.6 Å². The Labute approximate surface area is 151 Å². The molecule has 3 rings (SSSR count). The molecule has 0 saturated carbocycles. The Morgan fingerprint density at radius 1 is 0.808 bits per heavy atom. The number of fused-ring (bicyclic) bond motifs is 1. The van der Waals surface area contributed by atoms with Crippen LogP contribution in [0.2, 0.25) is 0 Å². The second-order valence-corrected chi connectivity index (χ2v) is 5.81. The number of hydrogen-bond donors (Lipinski definition) is 2. The lowest BCUT2D eigenvalue weighted by molar-refractivity contribution is -0.124. The molecule has 0 aliphatic rings. The van der Waals surface area contributed by atoms with Crippen LogP contribution in [0.5, 0.6) is 0 Å². The van der Waals surface area contributed by atoms with Crippen molar-refractivity contribution in [3.8, 4) is 0 Å². The van der Waals surface area contributed by atoms with Crippen LogP contribution in [0.4, 0.5) is 5.69 Å². The van der Waals surface area contributed by atoms with E-state index in [1.54, 1.807) is 18.3 Å². The molecular weight excluding hydrogens is 326 g/mol. The van der Waals surface area contributed by atoms with Crippen LogP contribution >= 0.6 is 0 Å². The fraction of sp³-hybridized carbons (Fsp3) is 0.0952.